The Morgan fingerprint density at radius 3 is 2.79 bits per heavy atom. The summed E-state index contributed by atoms with van der Waals surface area (Å²) in [4.78, 5) is 21.5. The van der Waals surface area contributed by atoms with E-state index < -0.39 is 0 Å². The number of esters is 1. The molecule has 0 aliphatic heterocycles. The van der Waals surface area contributed by atoms with Crippen molar-refractivity contribution < 1.29 is 9.53 Å². The van der Waals surface area contributed by atoms with Gasteiger partial charge in [-0.15, -0.1) is 0 Å². The number of hydrogen-bond donors (Lipinski definition) is 1. The molecule has 0 bridgehead atoms. The van der Waals surface area contributed by atoms with Gasteiger partial charge in [0.05, 0.1) is 6.61 Å². The van der Waals surface area contributed by atoms with Crippen LogP contribution >= 0.6 is 11.8 Å². The van der Waals surface area contributed by atoms with Gasteiger partial charge >= 0.3 is 5.97 Å². The molecule has 1 heterocycles. The van der Waals surface area contributed by atoms with E-state index in [0.717, 1.165) is 13.0 Å². The van der Waals surface area contributed by atoms with E-state index in [1.807, 2.05) is 13.2 Å². The van der Waals surface area contributed by atoms with Crippen molar-refractivity contribution >= 4 is 23.5 Å². The number of hydrogen-bond acceptors (Lipinski definition) is 6. The number of anilines is 1. The smallest absolute Gasteiger partial charge is 0.343 e. The van der Waals surface area contributed by atoms with Gasteiger partial charge in [0.15, 0.2) is 5.16 Å². The van der Waals surface area contributed by atoms with Gasteiger partial charge in [-0.25, -0.2) is 14.8 Å². The van der Waals surface area contributed by atoms with Gasteiger partial charge in [0, 0.05) is 12.7 Å². The van der Waals surface area contributed by atoms with Crippen LogP contribution in [0.3, 0.4) is 0 Å². The molecular formula is C28H39N3O2S. The molecule has 5 nitrogen and oxygen atoms in total. The second-order valence-electron chi connectivity index (χ2n) is 10.8. The highest BCUT2D eigenvalue weighted by atomic mass is 32.2. The molecule has 1 N–H and O–H groups in total. The first kappa shape index (κ1) is 25.0. The zero-order valence-corrected chi connectivity index (χ0v) is 22.3. The largest absolute Gasteiger partial charge is 0.462 e. The number of nitrogens with one attached hydrogen (secondary N) is 1. The highest BCUT2D eigenvalue weighted by Gasteiger charge is 2.51. The van der Waals surface area contributed by atoms with Crippen molar-refractivity contribution in [2.45, 2.75) is 83.2 Å². The van der Waals surface area contributed by atoms with E-state index in [-0.39, 0.29) is 16.8 Å². The van der Waals surface area contributed by atoms with Crippen LogP contribution in [-0.2, 0) is 16.6 Å². The lowest BCUT2D eigenvalue weighted by Gasteiger charge is -2.55. The number of thioether (sulfide) groups is 1. The molecule has 1 aromatic heterocycles. The molecule has 1 fully saturated rings. The summed E-state index contributed by atoms with van der Waals surface area (Å²) in [5.74, 6) is 1.35. The Kier molecular flexibility index (Phi) is 7.28. The van der Waals surface area contributed by atoms with Gasteiger partial charge in [-0.1, -0.05) is 64.1 Å². The number of nitrogens with zero attached hydrogens (tertiary/aromatic N) is 2. The van der Waals surface area contributed by atoms with Crippen LogP contribution in [0.25, 0.3) is 0 Å². The van der Waals surface area contributed by atoms with Gasteiger partial charge in [-0.3, -0.25) is 0 Å². The normalized spacial score (nSPS) is 26.0. The Morgan fingerprint density at radius 1 is 1.29 bits per heavy atom. The molecule has 184 valence electrons. The van der Waals surface area contributed by atoms with E-state index in [2.05, 4.69) is 61.2 Å². The lowest BCUT2D eigenvalue weighted by atomic mass is 9.49. The first-order valence-corrected chi connectivity index (χ1v) is 13.9. The molecule has 34 heavy (non-hydrogen) atoms. The lowest BCUT2D eigenvalue weighted by Crippen LogP contribution is -2.51. The summed E-state index contributed by atoms with van der Waals surface area (Å²) in [6.45, 7) is 12.4. The minimum atomic E-state index is -0.371. The highest BCUT2D eigenvalue weighted by molar-refractivity contribution is 7.98. The van der Waals surface area contributed by atoms with Gasteiger partial charge in [0.2, 0.25) is 0 Å². The molecule has 4 rings (SSSR count). The van der Waals surface area contributed by atoms with Crippen LogP contribution in [-0.4, -0.2) is 35.3 Å². The van der Waals surface area contributed by atoms with E-state index in [4.69, 9.17) is 4.74 Å². The average molecular weight is 482 g/mol. The van der Waals surface area contributed by atoms with Gasteiger partial charge < -0.3 is 10.1 Å². The molecule has 0 amide bonds. The predicted octanol–water partition coefficient (Wildman–Crippen LogP) is 6.62. The van der Waals surface area contributed by atoms with Crippen LogP contribution in [0, 0.1) is 11.3 Å². The second kappa shape index (κ2) is 9.88. The van der Waals surface area contributed by atoms with E-state index in [9.17, 15) is 4.79 Å². The number of ether oxygens (including phenoxy) is 1. The average Bonchev–Trinajstić information content (AvgIpc) is 2.82. The first-order chi connectivity index (χ1) is 16.2. The molecule has 1 aromatic carbocycles. The summed E-state index contributed by atoms with van der Waals surface area (Å²) in [5, 5.41) is 4.22. The zero-order chi connectivity index (χ0) is 24.5. The van der Waals surface area contributed by atoms with Crippen LogP contribution in [0.2, 0.25) is 0 Å². The van der Waals surface area contributed by atoms with E-state index in [0.29, 0.717) is 35.0 Å². The third-order valence-corrected chi connectivity index (χ3v) is 8.83. The molecule has 2 aliphatic rings. The molecule has 6 heteroatoms. The summed E-state index contributed by atoms with van der Waals surface area (Å²) in [7, 11) is 0. The number of carbonyl (C=O) groups is 1. The quantitative estimate of drug-likeness (QED) is 0.272. The summed E-state index contributed by atoms with van der Waals surface area (Å²) in [6, 6.07) is 7.23. The van der Waals surface area contributed by atoms with Gasteiger partial charge in [-0.05, 0) is 78.2 Å². The topological polar surface area (TPSA) is 64.1 Å². The molecule has 0 spiro atoms. The third-order valence-electron chi connectivity index (χ3n) is 8.27. The molecule has 3 atom stereocenters. The van der Waals surface area contributed by atoms with Crippen molar-refractivity contribution in [3.8, 4) is 0 Å². The Labute approximate surface area is 208 Å². The fraction of sp³-hybridized carbons (Fsp3) is 0.607. The maximum absolute atomic E-state index is 12.5. The fourth-order valence-electron chi connectivity index (χ4n) is 6.46. The van der Waals surface area contributed by atoms with Gasteiger partial charge in [-0.2, -0.15) is 0 Å². The van der Waals surface area contributed by atoms with Crippen LogP contribution < -0.4 is 5.32 Å². The number of aryl methyl sites for hydroxylation is 1. The Hall–Kier alpha value is -2.08. The molecule has 3 unspecified atom stereocenters. The standard InChI is InChI=1S/C28H39N3O2S/c1-7-33-25(32)21-16-29-26(34-6)31-24(21)30-17-27(4)13-8-14-28(5)22-11-9-19(18(2)3)15-20(22)10-12-23(27)28/h9,11,15-16,18,23H,7-8,10,12-14,17H2,1-6H3,(H,29,30,31). The van der Waals surface area contributed by atoms with E-state index in [1.165, 1.54) is 43.0 Å². The maximum atomic E-state index is 12.5. The molecule has 1 saturated carbocycles. The summed E-state index contributed by atoms with van der Waals surface area (Å²) in [6.07, 6.45) is 9.50. The van der Waals surface area contributed by atoms with Crippen molar-refractivity contribution in [1.29, 1.82) is 0 Å². The zero-order valence-electron chi connectivity index (χ0n) is 21.5. The molecular weight excluding hydrogens is 442 g/mol. The highest BCUT2D eigenvalue weighted by Crippen LogP contribution is 2.57. The summed E-state index contributed by atoms with van der Waals surface area (Å²) < 4.78 is 5.26. The minimum Gasteiger partial charge on any atom is -0.462 e. The van der Waals surface area contributed by atoms with Gasteiger partial charge in [0.25, 0.3) is 0 Å². The van der Waals surface area contributed by atoms with Crippen molar-refractivity contribution in [3.63, 3.8) is 0 Å². The number of aromatic nitrogens is 2. The Morgan fingerprint density at radius 2 is 2.09 bits per heavy atom. The number of rotatable bonds is 7. The number of benzene rings is 1. The van der Waals surface area contributed by atoms with Crippen molar-refractivity contribution in [3.05, 3.63) is 46.6 Å². The molecule has 2 aromatic rings. The first-order valence-electron chi connectivity index (χ1n) is 12.7. The van der Waals surface area contributed by atoms with Crippen molar-refractivity contribution in [1.82, 2.24) is 9.97 Å². The number of carbonyl (C=O) groups excluding carboxylic acids is 1. The summed E-state index contributed by atoms with van der Waals surface area (Å²) in [5.41, 5.74) is 5.25. The van der Waals surface area contributed by atoms with E-state index >= 15 is 0 Å². The predicted molar refractivity (Wildman–Crippen MR) is 140 cm³/mol. The van der Waals surface area contributed by atoms with E-state index in [1.54, 1.807) is 17.3 Å². The third kappa shape index (κ3) is 4.58. The second-order valence-corrected chi connectivity index (χ2v) is 11.6. The fourth-order valence-corrected chi connectivity index (χ4v) is 6.80. The van der Waals surface area contributed by atoms with Crippen LogP contribution in [0.5, 0.6) is 0 Å². The Balaban J connectivity index is 1.61. The van der Waals surface area contributed by atoms with Gasteiger partial charge in [0.1, 0.15) is 11.4 Å². The Bertz CT molecular complexity index is 1060. The SMILES string of the molecule is CCOC(=O)c1cnc(SC)nc1NCC1(C)CCCC2(C)c3ccc(C(C)C)cc3CCC12. The van der Waals surface area contributed by atoms with Crippen molar-refractivity contribution in [2.75, 3.05) is 24.7 Å². The van der Waals surface area contributed by atoms with Crippen LogP contribution in [0.4, 0.5) is 5.82 Å². The lowest BCUT2D eigenvalue weighted by molar-refractivity contribution is 0.0357. The number of fused-ring (bicyclic) bond motifs is 3. The van der Waals surface area contributed by atoms with Crippen LogP contribution in [0.15, 0.2) is 29.6 Å². The maximum Gasteiger partial charge on any atom is 0.343 e. The summed E-state index contributed by atoms with van der Waals surface area (Å²) >= 11 is 1.48. The molecule has 0 saturated heterocycles. The monoisotopic (exact) mass is 481 g/mol. The van der Waals surface area contributed by atoms with Crippen molar-refractivity contribution in [2.24, 2.45) is 11.3 Å². The molecule has 0 radical (unpaired) electrons. The minimum absolute atomic E-state index is 0.109. The van der Waals surface area contributed by atoms with Crippen LogP contribution in [0.1, 0.15) is 93.3 Å². The molecule has 2 aliphatic carbocycles.